The van der Waals surface area contributed by atoms with E-state index in [0.717, 1.165) is 27.4 Å². The van der Waals surface area contributed by atoms with Crippen molar-refractivity contribution < 1.29 is 14.6 Å². The topological polar surface area (TPSA) is 78.5 Å². The van der Waals surface area contributed by atoms with Crippen molar-refractivity contribution in [2.45, 2.75) is 18.9 Å². The van der Waals surface area contributed by atoms with Crippen LogP contribution in [0.15, 0.2) is 72.7 Å². The third-order valence-electron chi connectivity index (χ3n) is 4.70. The predicted molar refractivity (Wildman–Crippen MR) is 105 cm³/mol. The number of nitrogens with one attached hydrogen (secondary N) is 1. The first-order chi connectivity index (χ1) is 13.3. The summed E-state index contributed by atoms with van der Waals surface area (Å²) >= 11 is 0. The number of benzene rings is 2. The number of hydrogen-bond donors (Lipinski definition) is 2. The van der Waals surface area contributed by atoms with E-state index in [1.54, 1.807) is 4.57 Å². The van der Waals surface area contributed by atoms with Crippen LogP contribution in [-0.2, 0) is 9.78 Å². The van der Waals surface area contributed by atoms with Gasteiger partial charge in [0.1, 0.15) is 12.5 Å². The lowest BCUT2D eigenvalue weighted by molar-refractivity contribution is -0.199. The Morgan fingerprint density at radius 3 is 2.30 bits per heavy atom. The highest BCUT2D eigenvalue weighted by molar-refractivity contribution is 6.13. The third kappa shape index (κ3) is 3.39. The van der Waals surface area contributed by atoms with Gasteiger partial charge in [0, 0.05) is 16.8 Å². The standard InChI is InChI=1S/C21H21N3O3/c22-11-9-16(13-15-10-12-26-27-14-15)23-21(25)24-19-7-3-1-5-17(19)18-6-2-4-8-20(18)24/h1-8,10,12,14,16H,9,11,13,22H2,(H,23,25). The van der Waals surface area contributed by atoms with Gasteiger partial charge < -0.3 is 11.1 Å². The fourth-order valence-electron chi connectivity index (χ4n) is 3.48. The quantitative estimate of drug-likeness (QED) is 0.676. The minimum Gasteiger partial charge on any atom is -0.334 e. The molecule has 0 fully saturated rings. The first-order valence-corrected chi connectivity index (χ1v) is 8.95. The van der Waals surface area contributed by atoms with E-state index >= 15 is 0 Å². The van der Waals surface area contributed by atoms with Crippen molar-refractivity contribution in [3.05, 3.63) is 72.7 Å². The summed E-state index contributed by atoms with van der Waals surface area (Å²) in [5, 5.41) is 5.24. The van der Waals surface area contributed by atoms with Crippen LogP contribution in [0.1, 0.15) is 12.8 Å². The lowest BCUT2D eigenvalue weighted by Crippen LogP contribution is -2.39. The number of allylic oxidation sites excluding steroid dienone is 1. The van der Waals surface area contributed by atoms with Crippen LogP contribution < -0.4 is 11.1 Å². The highest BCUT2D eigenvalue weighted by atomic mass is 17.2. The van der Waals surface area contributed by atoms with Crippen molar-refractivity contribution in [3.8, 4) is 0 Å². The predicted octanol–water partition coefficient (Wildman–Crippen LogP) is 3.82. The van der Waals surface area contributed by atoms with E-state index in [-0.39, 0.29) is 12.1 Å². The van der Waals surface area contributed by atoms with Crippen molar-refractivity contribution in [3.63, 3.8) is 0 Å². The molecule has 1 amide bonds. The second-order valence-corrected chi connectivity index (χ2v) is 6.49. The Labute approximate surface area is 156 Å². The van der Waals surface area contributed by atoms with Gasteiger partial charge in [0.25, 0.3) is 0 Å². The Bertz CT molecular complexity index is 982. The zero-order valence-corrected chi connectivity index (χ0v) is 14.8. The van der Waals surface area contributed by atoms with Gasteiger partial charge in [-0.15, -0.1) is 0 Å². The first kappa shape index (κ1) is 17.2. The molecular weight excluding hydrogens is 342 g/mol. The second-order valence-electron chi connectivity index (χ2n) is 6.49. The molecule has 1 unspecified atom stereocenters. The van der Waals surface area contributed by atoms with Crippen LogP contribution in [0.4, 0.5) is 4.79 Å². The van der Waals surface area contributed by atoms with Crippen LogP contribution in [0.5, 0.6) is 0 Å². The number of amides is 1. The summed E-state index contributed by atoms with van der Waals surface area (Å²) in [5.74, 6) is 0. The lowest BCUT2D eigenvalue weighted by Gasteiger charge is -2.20. The number of aromatic nitrogens is 1. The van der Waals surface area contributed by atoms with Crippen LogP contribution in [-0.4, -0.2) is 23.2 Å². The molecule has 0 saturated heterocycles. The van der Waals surface area contributed by atoms with E-state index in [2.05, 4.69) is 5.32 Å². The van der Waals surface area contributed by atoms with Gasteiger partial charge in [-0.25, -0.2) is 4.79 Å². The molecule has 3 aromatic rings. The zero-order valence-electron chi connectivity index (χ0n) is 14.8. The van der Waals surface area contributed by atoms with Gasteiger partial charge in [-0.2, -0.15) is 0 Å². The maximum Gasteiger partial charge on any atom is 0.326 e. The number of para-hydroxylation sites is 2. The highest BCUT2D eigenvalue weighted by Gasteiger charge is 2.19. The Morgan fingerprint density at radius 1 is 1.04 bits per heavy atom. The van der Waals surface area contributed by atoms with E-state index in [1.807, 2.05) is 54.6 Å². The van der Waals surface area contributed by atoms with Gasteiger partial charge in [0.2, 0.25) is 0 Å². The van der Waals surface area contributed by atoms with Gasteiger partial charge >= 0.3 is 6.03 Å². The average molecular weight is 363 g/mol. The molecule has 0 spiro atoms. The molecule has 1 atom stereocenters. The largest absolute Gasteiger partial charge is 0.334 e. The number of rotatable bonds is 5. The van der Waals surface area contributed by atoms with Crippen molar-refractivity contribution >= 4 is 27.8 Å². The summed E-state index contributed by atoms with van der Waals surface area (Å²) < 4.78 is 1.74. The van der Waals surface area contributed by atoms with Crippen LogP contribution in [0.25, 0.3) is 21.8 Å². The molecule has 1 aliphatic rings. The van der Waals surface area contributed by atoms with E-state index in [0.29, 0.717) is 19.4 Å². The molecule has 6 heteroatoms. The van der Waals surface area contributed by atoms with Gasteiger partial charge in [0.15, 0.2) is 0 Å². The van der Waals surface area contributed by atoms with Gasteiger partial charge in [-0.1, -0.05) is 36.4 Å². The molecule has 0 aliphatic carbocycles. The Hall–Kier alpha value is -3.25. The van der Waals surface area contributed by atoms with Crippen LogP contribution in [0.2, 0.25) is 0 Å². The summed E-state index contributed by atoms with van der Waals surface area (Å²) in [6, 6.07) is 15.6. The Balaban J connectivity index is 1.66. The molecule has 2 heterocycles. The van der Waals surface area contributed by atoms with E-state index < -0.39 is 0 Å². The SMILES string of the molecule is NCCC(CC1=COOC=C1)NC(=O)n1c2ccccc2c2ccccc21. The molecule has 1 aromatic heterocycles. The Kier molecular flexibility index (Phi) is 4.80. The summed E-state index contributed by atoms with van der Waals surface area (Å²) in [6.45, 7) is 0.479. The summed E-state index contributed by atoms with van der Waals surface area (Å²) in [5.41, 5.74) is 8.46. The maximum absolute atomic E-state index is 13.2. The maximum atomic E-state index is 13.2. The van der Waals surface area contributed by atoms with Crippen molar-refractivity contribution in [2.75, 3.05) is 6.54 Å². The fraction of sp³-hybridized carbons (Fsp3) is 0.190. The fourth-order valence-corrected chi connectivity index (χ4v) is 3.48. The van der Waals surface area contributed by atoms with E-state index in [9.17, 15) is 4.79 Å². The normalized spacial score (nSPS) is 14.5. The Morgan fingerprint density at radius 2 is 1.70 bits per heavy atom. The molecule has 3 N–H and O–H groups in total. The smallest absolute Gasteiger partial charge is 0.326 e. The van der Waals surface area contributed by atoms with Crippen molar-refractivity contribution in [2.24, 2.45) is 5.73 Å². The number of carbonyl (C=O) groups is 1. The van der Waals surface area contributed by atoms with Gasteiger partial charge in [-0.3, -0.25) is 14.3 Å². The minimum atomic E-state index is -0.164. The summed E-state index contributed by atoms with van der Waals surface area (Å²) in [4.78, 5) is 22.7. The molecule has 0 bridgehead atoms. The number of carbonyl (C=O) groups excluding carboxylic acids is 1. The summed E-state index contributed by atoms with van der Waals surface area (Å²) in [6.07, 6.45) is 6.11. The van der Waals surface area contributed by atoms with Gasteiger partial charge in [0.05, 0.1) is 11.0 Å². The molecule has 6 nitrogen and oxygen atoms in total. The number of fused-ring (bicyclic) bond motifs is 3. The molecule has 2 aromatic carbocycles. The number of nitrogens with zero attached hydrogens (tertiary/aromatic N) is 1. The molecule has 0 saturated carbocycles. The lowest BCUT2D eigenvalue weighted by atomic mass is 10.0. The van der Waals surface area contributed by atoms with Gasteiger partial charge in [-0.05, 0) is 43.2 Å². The van der Waals surface area contributed by atoms with Crippen LogP contribution in [0, 0.1) is 0 Å². The minimum absolute atomic E-state index is 0.111. The van der Waals surface area contributed by atoms with Crippen molar-refractivity contribution in [1.82, 2.24) is 9.88 Å². The van der Waals surface area contributed by atoms with Crippen LogP contribution >= 0.6 is 0 Å². The molecule has 1 aliphatic heterocycles. The molecule has 4 rings (SSSR count). The van der Waals surface area contributed by atoms with E-state index in [1.165, 1.54) is 12.5 Å². The average Bonchev–Trinajstić information content (AvgIpc) is 3.03. The molecule has 27 heavy (non-hydrogen) atoms. The monoisotopic (exact) mass is 363 g/mol. The highest BCUT2D eigenvalue weighted by Crippen LogP contribution is 2.28. The molecule has 138 valence electrons. The zero-order chi connectivity index (χ0) is 18.6. The van der Waals surface area contributed by atoms with E-state index in [4.69, 9.17) is 15.5 Å². The molecule has 0 radical (unpaired) electrons. The number of nitrogens with two attached hydrogens (primary N) is 1. The second kappa shape index (κ2) is 7.55. The van der Waals surface area contributed by atoms with Crippen molar-refractivity contribution in [1.29, 1.82) is 0 Å². The summed E-state index contributed by atoms with van der Waals surface area (Å²) in [7, 11) is 0. The first-order valence-electron chi connectivity index (χ1n) is 8.95. The third-order valence-corrected chi connectivity index (χ3v) is 4.70. The number of hydrogen-bond acceptors (Lipinski definition) is 4. The molecular formula is C21H21N3O3. The van der Waals surface area contributed by atoms with Crippen LogP contribution in [0.3, 0.4) is 0 Å².